The summed E-state index contributed by atoms with van der Waals surface area (Å²) in [6, 6.07) is 15.3. The number of aliphatic hydroxyl groups is 1. The number of benzene rings is 2. The summed E-state index contributed by atoms with van der Waals surface area (Å²) in [4.78, 5) is 53.6. The topological polar surface area (TPSA) is 143 Å². The number of nitrogens with one attached hydrogen (secondary N) is 1. The van der Waals surface area contributed by atoms with Gasteiger partial charge in [-0.1, -0.05) is 12.1 Å². The minimum absolute atomic E-state index is 0.136. The maximum absolute atomic E-state index is 13.1. The number of carbonyl (C=O) groups excluding carboxylic acids is 3. The van der Waals surface area contributed by atoms with Crippen LogP contribution in [0.3, 0.4) is 0 Å². The number of nitro benzene ring substituents is 1. The van der Waals surface area contributed by atoms with Gasteiger partial charge < -0.3 is 10.4 Å². The number of anilines is 2. The van der Waals surface area contributed by atoms with Crippen LogP contribution in [0, 0.1) is 10.1 Å². The molecule has 4 rings (SSSR count). The standard InChI is InChI=1S/C24H18N4O6/c1-14(29)26-16-5-4-6-18(13-16)27-21(19-7-2-3-12-25-19)20(23(31)24(27)32)22(30)15-8-10-17(11-9-15)28(33)34/h2-13,21,30H,1H3,(H,26,29)/b22-20+. The fourth-order valence-corrected chi connectivity index (χ4v) is 3.75. The number of hydrogen-bond donors (Lipinski definition) is 2. The first-order chi connectivity index (χ1) is 16.3. The summed E-state index contributed by atoms with van der Waals surface area (Å²) in [6.07, 6.45) is 1.50. The summed E-state index contributed by atoms with van der Waals surface area (Å²) < 4.78 is 0. The summed E-state index contributed by atoms with van der Waals surface area (Å²) >= 11 is 0. The molecule has 0 bridgehead atoms. The average molecular weight is 458 g/mol. The first-order valence-electron chi connectivity index (χ1n) is 10.1. The number of amides is 2. The second-order valence-electron chi connectivity index (χ2n) is 7.46. The molecule has 2 N–H and O–H groups in total. The molecular formula is C24H18N4O6. The van der Waals surface area contributed by atoms with E-state index in [1.165, 1.54) is 48.4 Å². The lowest BCUT2D eigenvalue weighted by atomic mass is 9.98. The van der Waals surface area contributed by atoms with Crippen LogP contribution in [0.5, 0.6) is 0 Å². The van der Waals surface area contributed by atoms with Gasteiger partial charge in [-0.15, -0.1) is 0 Å². The fourth-order valence-electron chi connectivity index (χ4n) is 3.75. The zero-order valence-corrected chi connectivity index (χ0v) is 17.8. The van der Waals surface area contributed by atoms with Gasteiger partial charge in [-0.25, -0.2) is 0 Å². The number of aliphatic hydroxyl groups excluding tert-OH is 1. The Labute approximate surface area is 193 Å². The molecule has 10 heteroatoms. The molecule has 34 heavy (non-hydrogen) atoms. The van der Waals surface area contributed by atoms with Gasteiger partial charge >= 0.3 is 0 Å². The van der Waals surface area contributed by atoms with Crippen molar-refractivity contribution in [3.05, 3.63) is 99.9 Å². The van der Waals surface area contributed by atoms with Crippen molar-refractivity contribution in [2.45, 2.75) is 13.0 Å². The summed E-state index contributed by atoms with van der Waals surface area (Å²) in [5.74, 6) is -2.61. The highest BCUT2D eigenvalue weighted by molar-refractivity contribution is 6.51. The SMILES string of the molecule is CC(=O)Nc1cccc(N2C(=O)C(=O)/C(=C(/O)c3ccc([N+](=O)[O-])cc3)C2c2ccccn2)c1. The number of aromatic nitrogens is 1. The lowest BCUT2D eigenvalue weighted by molar-refractivity contribution is -0.384. The third kappa shape index (κ3) is 4.11. The number of nitro groups is 1. The predicted molar refractivity (Wildman–Crippen MR) is 123 cm³/mol. The van der Waals surface area contributed by atoms with Crippen molar-refractivity contribution in [3.63, 3.8) is 0 Å². The third-order valence-electron chi connectivity index (χ3n) is 5.21. The third-order valence-corrected chi connectivity index (χ3v) is 5.21. The van der Waals surface area contributed by atoms with Gasteiger partial charge in [-0.3, -0.25) is 34.4 Å². The van der Waals surface area contributed by atoms with Crippen molar-refractivity contribution >= 4 is 40.4 Å². The van der Waals surface area contributed by atoms with E-state index in [-0.39, 0.29) is 22.7 Å². The van der Waals surface area contributed by atoms with E-state index < -0.39 is 28.4 Å². The zero-order valence-electron chi connectivity index (χ0n) is 17.8. The van der Waals surface area contributed by atoms with E-state index in [2.05, 4.69) is 10.3 Å². The Morgan fingerprint density at radius 2 is 1.82 bits per heavy atom. The second-order valence-corrected chi connectivity index (χ2v) is 7.46. The number of carbonyl (C=O) groups is 3. The van der Waals surface area contributed by atoms with Gasteiger partial charge in [-0.2, -0.15) is 0 Å². The predicted octanol–water partition coefficient (Wildman–Crippen LogP) is 3.57. The molecular weight excluding hydrogens is 440 g/mol. The molecule has 1 aliphatic rings. The van der Waals surface area contributed by atoms with Crippen molar-refractivity contribution in [1.82, 2.24) is 4.98 Å². The Balaban J connectivity index is 1.88. The lowest BCUT2D eigenvalue weighted by Gasteiger charge is -2.25. The first kappa shape index (κ1) is 22.3. The highest BCUT2D eigenvalue weighted by atomic mass is 16.6. The second kappa shape index (κ2) is 8.94. The quantitative estimate of drug-likeness (QED) is 0.196. The number of nitrogens with zero attached hydrogens (tertiary/aromatic N) is 3. The Morgan fingerprint density at radius 3 is 2.44 bits per heavy atom. The molecule has 1 saturated heterocycles. The van der Waals surface area contributed by atoms with Crippen LogP contribution in [0.25, 0.3) is 5.76 Å². The molecule has 1 aromatic heterocycles. The maximum Gasteiger partial charge on any atom is 0.300 e. The van der Waals surface area contributed by atoms with E-state index in [1.807, 2.05) is 0 Å². The number of Topliss-reactive ketones (excluding diaryl/α,β-unsaturated/α-hetero) is 1. The average Bonchev–Trinajstić information content (AvgIpc) is 3.09. The van der Waals surface area contributed by atoms with Crippen LogP contribution in [-0.4, -0.2) is 32.6 Å². The zero-order chi connectivity index (χ0) is 24.4. The Hall–Kier alpha value is -4.86. The smallest absolute Gasteiger partial charge is 0.300 e. The first-order valence-corrected chi connectivity index (χ1v) is 10.1. The van der Waals surface area contributed by atoms with Crippen LogP contribution in [0.2, 0.25) is 0 Å². The molecule has 0 radical (unpaired) electrons. The minimum Gasteiger partial charge on any atom is -0.507 e. The van der Waals surface area contributed by atoms with Crippen molar-refractivity contribution in [2.24, 2.45) is 0 Å². The molecule has 10 nitrogen and oxygen atoms in total. The van der Waals surface area contributed by atoms with E-state index in [1.54, 1.807) is 36.4 Å². The number of ketones is 1. The van der Waals surface area contributed by atoms with Gasteiger partial charge in [0.2, 0.25) is 5.91 Å². The fraction of sp³-hybridized carbons (Fsp3) is 0.0833. The number of rotatable bonds is 5. The molecule has 0 saturated carbocycles. The molecule has 3 aromatic rings. The van der Waals surface area contributed by atoms with Crippen molar-refractivity contribution in [3.8, 4) is 0 Å². The van der Waals surface area contributed by atoms with Crippen molar-refractivity contribution < 1.29 is 24.4 Å². The van der Waals surface area contributed by atoms with Gasteiger partial charge in [0.1, 0.15) is 11.8 Å². The number of non-ortho nitro benzene ring substituents is 1. The highest BCUT2D eigenvalue weighted by Crippen LogP contribution is 2.42. The molecule has 170 valence electrons. The summed E-state index contributed by atoms with van der Waals surface area (Å²) in [6.45, 7) is 1.34. The highest BCUT2D eigenvalue weighted by Gasteiger charge is 2.47. The molecule has 1 unspecified atom stereocenters. The molecule has 0 spiro atoms. The monoisotopic (exact) mass is 458 g/mol. The molecule has 1 atom stereocenters. The van der Waals surface area contributed by atoms with Gasteiger partial charge in [-0.05, 0) is 42.5 Å². The van der Waals surface area contributed by atoms with Crippen LogP contribution >= 0.6 is 0 Å². The van der Waals surface area contributed by atoms with Gasteiger partial charge in [0.15, 0.2) is 0 Å². The lowest BCUT2D eigenvalue weighted by Crippen LogP contribution is -2.30. The Morgan fingerprint density at radius 1 is 1.09 bits per heavy atom. The van der Waals surface area contributed by atoms with Crippen LogP contribution < -0.4 is 10.2 Å². The molecule has 1 aliphatic heterocycles. The van der Waals surface area contributed by atoms with E-state index in [0.717, 1.165) is 0 Å². The van der Waals surface area contributed by atoms with Crippen molar-refractivity contribution in [1.29, 1.82) is 0 Å². The van der Waals surface area contributed by atoms with Crippen LogP contribution in [0.4, 0.5) is 17.1 Å². The van der Waals surface area contributed by atoms with E-state index in [9.17, 15) is 29.6 Å². The molecule has 2 aromatic carbocycles. The summed E-state index contributed by atoms with van der Waals surface area (Å²) in [7, 11) is 0. The van der Waals surface area contributed by atoms with E-state index in [0.29, 0.717) is 17.1 Å². The van der Waals surface area contributed by atoms with Gasteiger partial charge in [0.25, 0.3) is 17.4 Å². The molecule has 2 heterocycles. The number of pyridine rings is 1. The minimum atomic E-state index is -1.07. The Bertz CT molecular complexity index is 1340. The van der Waals surface area contributed by atoms with Crippen molar-refractivity contribution in [2.75, 3.05) is 10.2 Å². The Kier molecular flexibility index (Phi) is 5.88. The molecule has 2 amide bonds. The molecule has 0 aliphatic carbocycles. The van der Waals surface area contributed by atoms with Gasteiger partial charge in [0, 0.05) is 42.2 Å². The van der Waals surface area contributed by atoms with Crippen LogP contribution in [0.15, 0.2) is 78.5 Å². The summed E-state index contributed by atoms with van der Waals surface area (Å²) in [5, 5.41) is 24.6. The van der Waals surface area contributed by atoms with E-state index in [4.69, 9.17) is 0 Å². The maximum atomic E-state index is 13.1. The summed E-state index contributed by atoms with van der Waals surface area (Å²) in [5.41, 5.74) is 0.802. The van der Waals surface area contributed by atoms with Crippen LogP contribution in [-0.2, 0) is 14.4 Å². The normalized spacial score (nSPS) is 17.0. The largest absolute Gasteiger partial charge is 0.507 e. The number of hydrogen-bond acceptors (Lipinski definition) is 7. The molecule has 1 fully saturated rings. The van der Waals surface area contributed by atoms with Crippen LogP contribution in [0.1, 0.15) is 24.2 Å². The van der Waals surface area contributed by atoms with E-state index >= 15 is 0 Å². The van der Waals surface area contributed by atoms with Gasteiger partial charge in [0.05, 0.1) is 16.2 Å².